The van der Waals surface area contributed by atoms with Crippen LogP contribution in [-0.4, -0.2) is 32.5 Å². The number of hydrogen-bond acceptors (Lipinski definition) is 7. The minimum atomic E-state index is -0.985. The fraction of sp³-hybridized carbons (Fsp3) is 0.211. The highest BCUT2D eigenvalue weighted by atomic mass is 32.1. The minimum absolute atomic E-state index is 0.0687. The first-order chi connectivity index (χ1) is 14.7. The smallest absolute Gasteiger partial charge is 0.277 e. The molecule has 0 aliphatic carbocycles. The van der Waals surface area contributed by atoms with Gasteiger partial charge in [0.1, 0.15) is 11.4 Å². The van der Waals surface area contributed by atoms with E-state index >= 15 is 0 Å². The van der Waals surface area contributed by atoms with Crippen LogP contribution >= 0.6 is 11.3 Å². The second kappa shape index (κ2) is 8.92. The molecule has 0 aromatic carbocycles. The summed E-state index contributed by atoms with van der Waals surface area (Å²) in [6.07, 6.45) is 1.27. The van der Waals surface area contributed by atoms with Crippen molar-refractivity contribution in [3.05, 3.63) is 51.9 Å². The molecule has 6 N–H and O–H groups in total. The molecular weight excluding hydrogens is 425 g/mol. The van der Waals surface area contributed by atoms with E-state index in [0.29, 0.717) is 0 Å². The van der Waals surface area contributed by atoms with Crippen molar-refractivity contribution in [3.63, 3.8) is 0 Å². The first-order valence-electron chi connectivity index (χ1n) is 9.14. The van der Waals surface area contributed by atoms with E-state index in [1.807, 2.05) is 17.5 Å². The minimum Gasteiger partial charge on any atom is -0.383 e. The number of nitrogen functional groups attached to an aromatic ring is 1. The molecule has 0 radical (unpaired) electrons. The van der Waals surface area contributed by atoms with Gasteiger partial charge >= 0.3 is 0 Å². The highest BCUT2D eigenvalue weighted by Crippen LogP contribution is 2.23. The summed E-state index contributed by atoms with van der Waals surface area (Å²) in [5.74, 6) is -3.22. The molecule has 10 nitrogen and oxygen atoms in total. The van der Waals surface area contributed by atoms with E-state index in [0.717, 1.165) is 11.1 Å². The Bertz CT molecular complexity index is 1140. The maximum atomic E-state index is 14.2. The van der Waals surface area contributed by atoms with Gasteiger partial charge in [-0.15, -0.1) is 11.3 Å². The highest BCUT2D eigenvalue weighted by molar-refractivity contribution is 7.10. The van der Waals surface area contributed by atoms with Gasteiger partial charge in [-0.1, -0.05) is 6.07 Å². The summed E-state index contributed by atoms with van der Waals surface area (Å²) >= 11 is 1.43. The molecule has 3 amide bonds. The van der Waals surface area contributed by atoms with Crippen LogP contribution in [0.5, 0.6) is 0 Å². The molecule has 0 fully saturated rings. The van der Waals surface area contributed by atoms with Crippen LogP contribution in [0.1, 0.15) is 45.6 Å². The normalized spacial score (nSPS) is 10.8. The van der Waals surface area contributed by atoms with Crippen molar-refractivity contribution >= 4 is 46.3 Å². The number of carbonyl (C=O) groups is 3. The number of nitrogens with zero attached hydrogens (tertiary/aromatic N) is 3. The van der Waals surface area contributed by atoms with Crippen LogP contribution in [0, 0.1) is 5.95 Å². The molecule has 3 rings (SSSR count). The second-order valence-corrected chi connectivity index (χ2v) is 7.86. The first-order valence-corrected chi connectivity index (χ1v) is 10.0. The lowest BCUT2D eigenvalue weighted by molar-refractivity contribution is -0.115. The van der Waals surface area contributed by atoms with Gasteiger partial charge < -0.3 is 22.1 Å². The van der Waals surface area contributed by atoms with E-state index in [9.17, 15) is 18.8 Å². The number of halogens is 1. The van der Waals surface area contributed by atoms with Crippen molar-refractivity contribution < 1.29 is 18.8 Å². The van der Waals surface area contributed by atoms with E-state index in [1.54, 1.807) is 13.8 Å². The predicted octanol–water partition coefficient (Wildman–Crippen LogP) is 2.17. The Morgan fingerprint density at radius 1 is 1.29 bits per heavy atom. The van der Waals surface area contributed by atoms with Crippen LogP contribution in [0.4, 0.5) is 21.6 Å². The molecule has 3 heterocycles. The van der Waals surface area contributed by atoms with E-state index in [1.165, 1.54) is 22.1 Å². The van der Waals surface area contributed by atoms with Gasteiger partial charge in [0.25, 0.3) is 11.8 Å². The summed E-state index contributed by atoms with van der Waals surface area (Å²) in [6, 6.07) is 4.60. The lowest BCUT2D eigenvalue weighted by Crippen LogP contribution is -2.21. The largest absolute Gasteiger partial charge is 0.383 e. The number of carbonyl (C=O) groups excluding carboxylic acids is 3. The molecule has 0 atom stereocenters. The average molecular weight is 445 g/mol. The number of primary amides is 1. The Morgan fingerprint density at radius 3 is 2.65 bits per heavy atom. The van der Waals surface area contributed by atoms with E-state index in [-0.39, 0.29) is 46.8 Å². The van der Waals surface area contributed by atoms with Crippen molar-refractivity contribution in [1.29, 1.82) is 0 Å². The SMILES string of the molecule is CC(C)n1nc(C(=O)Nc2cc(NC(=O)Cc3cccs3)cnc2F)c(C(N)=O)c1N. The number of anilines is 3. The van der Waals surface area contributed by atoms with E-state index in [4.69, 9.17) is 11.5 Å². The Labute approximate surface area is 180 Å². The third kappa shape index (κ3) is 4.86. The zero-order chi connectivity index (χ0) is 22.7. The number of amides is 3. The van der Waals surface area contributed by atoms with Crippen molar-refractivity contribution in [1.82, 2.24) is 14.8 Å². The molecule has 0 aliphatic rings. The second-order valence-electron chi connectivity index (χ2n) is 6.83. The van der Waals surface area contributed by atoms with Gasteiger partial charge in [-0.25, -0.2) is 9.67 Å². The molecule has 3 aromatic rings. The van der Waals surface area contributed by atoms with Crippen molar-refractivity contribution in [3.8, 4) is 0 Å². The Morgan fingerprint density at radius 2 is 2.03 bits per heavy atom. The molecule has 0 aliphatic heterocycles. The summed E-state index contributed by atoms with van der Waals surface area (Å²) in [5.41, 5.74) is 10.5. The van der Waals surface area contributed by atoms with Gasteiger partial charge in [-0.3, -0.25) is 14.4 Å². The zero-order valence-corrected chi connectivity index (χ0v) is 17.5. The monoisotopic (exact) mass is 445 g/mol. The zero-order valence-electron chi connectivity index (χ0n) is 16.7. The third-order valence-electron chi connectivity index (χ3n) is 4.18. The van der Waals surface area contributed by atoms with E-state index < -0.39 is 17.8 Å². The molecule has 0 bridgehead atoms. The fourth-order valence-electron chi connectivity index (χ4n) is 2.81. The molecule has 0 saturated carbocycles. The average Bonchev–Trinajstić information content (AvgIpc) is 3.31. The van der Waals surface area contributed by atoms with Gasteiger partial charge in [0.2, 0.25) is 11.9 Å². The van der Waals surface area contributed by atoms with Crippen LogP contribution in [0.2, 0.25) is 0 Å². The van der Waals surface area contributed by atoms with E-state index in [2.05, 4.69) is 20.7 Å². The third-order valence-corrected chi connectivity index (χ3v) is 5.06. The highest BCUT2D eigenvalue weighted by Gasteiger charge is 2.27. The van der Waals surface area contributed by atoms with Crippen molar-refractivity contribution in [2.75, 3.05) is 16.4 Å². The lowest BCUT2D eigenvalue weighted by atomic mass is 10.2. The molecule has 162 valence electrons. The van der Waals surface area contributed by atoms with Crippen LogP contribution in [0.15, 0.2) is 29.8 Å². The quantitative estimate of drug-likeness (QED) is 0.408. The van der Waals surface area contributed by atoms with Gasteiger partial charge in [-0.2, -0.15) is 9.49 Å². The summed E-state index contributed by atoms with van der Waals surface area (Å²) in [4.78, 5) is 41.0. The van der Waals surface area contributed by atoms with Gasteiger partial charge in [0.05, 0.1) is 24.0 Å². The number of nitrogens with one attached hydrogen (secondary N) is 2. The van der Waals surface area contributed by atoms with Crippen molar-refractivity contribution in [2.45, 2.75) is 26.3 Å². The number of thiophene rings is 1. The predicted molar refractivity (Wildman–Crippen MR) is 114 cm³/mol. The number of pyridine rings is 1. The van der Waals surface area contributed by atoms with Gasteiger partial charge in [0.15, 0.2) is 5.69 Å². The summed E-state index contributed by atoms with van der Waals surface area (Å²) in [7, 11) is 0. The molecule has 0 saturated heterocycles. The molecule has 31 heavy (non-hydrogen) atoms. The van der Waals surface area contributed by atoms with Gasteiger partial charge in [0, 0.05) is 10.9 Å². The summed E-state index contributed by atoms with van der Waals surface area (Å²) in [5, 5.41) is 10.8. The molecule has 12 heteroatoms. The maximum Gasteiger partial charge on any atom is 0.277 e. The number of nitrogens with two attached hydrogens (primary N) is 2. The number of aromatic nitrogens is 3. The summed E-state index contributed by atoms with van der Waals surface area (Å²) in [6.45, 7) is 3.50. The van der Waals surface area contributed by atoms with Crippen LogP contribution in [0.3, 0.4) is 0 Å². The molecule has 3 aromatic heterocycles. The Balaban J connectivity index is 1.82. The fourth-order valence-corrected chi connectivity index (χ4v) is 3.51. The lowest BCUT2D eigenvalue weighted by Gasteiger charge is -2.09. The topological polar surface area (TPSA) is 158 Å². The molecule has 0 unspecified atom stereocenters. The van der Waals surface area contributed by atoms with Crippen LogP contribution in [0.25, 0.3) is 0 Å². The maximum absolute atomic E-state index is 14.2. The standard InChI is InChI=1S/C19H20FN7O3S/c1-9(2)27-17(21)14(18(22)29)15(26-27)19(30)25-12-6-10(8-23-16(12)20)24-13(28)7-11-4-3-5-31-11/h3-6,8-9H,7,21H2,1-2H3,(H2,22,29)(H,24,28)(H,25,30). The van der Waals surface area contributed by atoms with Gasteiger partial charge in [-0.05, 0) is 31.4 Å². The number of rotatable bonds is 7. The molecular formula is C19H20FN7O3S. The van der Waals surface area contributed by atoms with Crippen molar-refractivity contribution in [2.24, 2.45) is 5.73 Å². The first kappa shape index (κ1) is 21.9. The summed E-state index contributed by atoms with van der Waals surface area (Å²) < 4.78 is 15.5. The van der Waals surface area contributed by atoms with Crippen LogP contribution < -0.4 is 22.1 Å². The molecule has 0 spiro atoms. The Kier molecular flexibility index (Phi) is 6.30. The Hall–Kier alpha value is -3.80. The number of hydrogen-bond donors (Lipinski definition) is 4. The van der Waals surface area contributed by atoms with Crippen LogP contribution in [-0.2, 0) is 11.2 Å².